The molecule has 0 spiro atoms. The van der Waals surface area contributed by atoms with E-state index in [4.69, 9.17) is 9.47 Å². The highest BCUT2D eigenvalue weighted by Gasteiger charge is 2.21. The monoisotopic (exact) mass is 539 g/mol. The van der Waals surface area contributed by atoms with Crippen molar-refractivity contribution in [3.8, 4) is 0 Å². The lowest BCUT2D eigenvalue weighted by Gasteiger charge is -2.21. The SMILES string of the molecule is CCCCCCCCCCCCCC(=O)OCC(CCCCCC(CC)CC)OC(=O)C(C)CCN(C)C. The largest absolute Gasteiger partial charge is 0.462 e. The Labute approximate surface area is 237 Å². The van der Waals surface area contributed by atoms with Crippen LogP contribution in [0.4, 0.5) is 0 Å². The number of esters is 2. The lowest BCUT2D eigenvalue weighted by atomic mass is 9.95. The molecule has 5 heteroatoms. The number of carbonyl (C=O) groups is 2. The van der Waals surface area contributed by atoms with Gasteiger partial charge in [-0.2, -0.15) is 0 Å². The Hall–Kier alpha value is -1.10. The Balaban J connectivity index is 4.28. The van der Waals surface area contributed by atoms with Crippen molar-refractivity contribution in [3.05, 3.63) is 0 Å². The molecule has 0 N–H and O–H groups in total. The summed E-state index contributed by atoms with van der Waals surface area (Å²) < 4.78 is 11.4. The molecule has 38 heavy (non-hydrogen) atoms. The first-order chi connectivity index (χ1) is 18.3. The van der Waals surface area contributed by atoms with Gasteiger partial charge in [-0.25, -0.2) is 0 Å². The zero-order chi connectivity index (χ0) is 28.4. The minimum absolute atomic E-state index is 0.151. The first-order valence-electron chi connectivity index (χ1n) is 16.3. The first-order valence-corrected chi connectivity index (χ1v) is 16.3. The Morgan fingerprint density at radius 3 is 1.76 bits per heavy atom. The topological polar surface area (TPSA) is 55.8 Å². The Bertz CT molecular complexity index is 547. The fraction of sp³-hybridized carbons (Fsp3) is 0.939. The number of hydrogen-bond donors (Lipinski definition) is 0. The lowest BCUT2D eigenvalue weighted by molar-refractivity contribution is -0.162. The minimum Gasteiger partial charge on any atom is -0.462 e. The molecule has 2 unspecified atom stereocenters. The zero-order valence-electron chi connectivity index (χ0n) is 26.4. The average molecular weight is 540 g/mol. The Kier molecular flexibility index (Phi) is 25.4. The zero-order valence-corrected chi connectivity index (χ0v) is 26.4. The highest BCUT2D eigenvalue weighted by Crippen LogP contribution is 2.19. The van der Waals surface area contributed by atoms with Crippen molar-refractivity contribution in [2.45, 2.75) is 162 Å². The molecular formula is C33H65NO4. The van der Waals surface area contributed by atoms with Crippen LogP contribution in [0.15, 0.2) is 0 Å². The van der Waals surface area contributed by atoms with Gasteiger partial charge in [-0.05, 0) is 52.2 Å². The van der Waals surface area contributed by atoms with Gasteiger partial charge in [-0.3, -0.25) is 9.59 Å². The molecule has 0 aromatic heterocycles. The predicted octanol–water partition coefficient (Wildman–Crippen LogP) is 9.12. The number of nitrogens with zero attached hydrogens (tertiary/aromatic N) is 1. The van der Waals surface area contributed by atoms with E-state index in [0.29, 0.717) is 6.42 Å². The fourth-order valence-corrected chi connectivity index (χ4v) is 4.90. The molecule has 0 aliphatic carbocycles. The van der Waals surface area contributed by atoms with E-state index in [2.05, 4.69) is 25.7 Å². The maximum absolute atomic E-state index is 12.7. The molecule has 0 heterocycles. The molecule has 0 saturated heterocycles. The molecule has 0 radical (unpaired) electrons. The summed E-state index contributed by atoms with van der Waals surface area (Å²) in [6.07, 6.45) is 22.7. The normalized spacial score (nSPS) is 13.2. The van der Waals surface area contributed by atoms with E-state index < -0.39 is 0 Å². The summed E-state index contributed by atoms with van der Waals surface area (Å²) in [5, 5.41) is 0. The maximum Gasteiger partial charge on any atom is 0.309 e. The maximum atomic E-state index is 12.7. The van der Waals surface area contributed by atoms with Gasteiger partial charge in [-0.1, -0.05) is 124 Å². The Morgan fingerprint density at radius 2 is 1.21 bits per heavy atom. The molecule has 226 valence electrons. The van der Waals surface area contributed by atoms with E-state index in [0.717, 1.165) is 51.0 Å². The van der Waals surface area contributed by atoms with Crippen molar-refractivity contribution < 1.29 is 19.1 Å². The summed E-state index contributed by atoms with van der Waals surface area (Å²) in [6, 6.07) is 0. The molecule has 2 atom stereocenters. The molecule has 0 bridgehead atoms. The average Bonchev–Trinajstić information content (AvgIpc) is 2.90. The van der Waals surface area contributed by atoms with E-state index in [1.807, 2.05) is 21.0 Å². The second kappa shape index (κ2) is 26.1. The van der Waals surface area contributed by atoms with Crippen LogP contribution in [0.2, 0.25) is 0 Å². The number of hydrogen-bond acceptors (Lipinski definition) is 5. The van der Waals surface area contributed by atoms with Crippen LogP contribution in [0.5, 0.6) is 0 Å². The van der Waals surface area contributed by atoms with Crippen LogP contribution >= 0.6 is 0 Å². The number of ether oxygens (including phenoxy) is 2. The van der Waals surface area contributed by atoms with Crippen molar-refractivity contribution >= 4 is 11.9 Å². The molecule has 0 aromatic carbocycles. The van der Waals surface area contributed by atoms with Crippen LogP contribution in [0.3, 0.4) is 0 Å². The van der Waals surface area contributed by atoms with Gasteiger partial charge in [0.1, 0.15) is 12.7 Å². The molecule has 0 fully saturated rings. The van der Waals surface area contributed by atoms with Gasteiger partial charge < -0.3 is 14.4 Å². The van der Waals surface area contributed by atoms with Crippen molar-refractivity contribution in [2.24, 2.45) is 11.8 Å². The van der Waals surface area contributed by atoms with Gasteiger partial charge in [0.15, 0.2) is 0 Å². The quantitative estimate of drug-likeness (QED) is 0.0769. The molecular weight excluding hydrogens is 474 g/mol. The van der Waals surface area contributed by atoms with E-state index in [9.17, 15) is 9.59 Å². The van der Waals surface area contributed by atoms with Crippen LogP contribution in [-0.2, 0) is 19.1 Å². The van der Waals surface area contributed by atoms with Crippen LogP contribution in [0.25, 0.3) is 0 Å². The van der Waals surface area contributed by atoms with Gasteiger partial charge in [0, 0.05) is 6.42 Å². The lowest BCUT2D eigenvalue weighted by Crippen LogP contribution is -2.29. The number of unbranched alkanes of at least 4 members (excludes halogenated alkanes) is 12. The predicted molar refractivity (Wildman–Crippen MR) is 161 cm³/mol. The smallest absolute Gasteiger partial charge is 0.309 e. The van der Waals surface area contributed by atoms with Crippen molar-refractivity contribution in [3.63, 3.8) is 0 Å². The molecule has 5 nitrogen and oxygen atoms in total. The highest BCUT2D eigenvalue weighted by molar-refractivity contribution is 5.72. The molecule has 0 aliphatic rings. The third-order valence-electron chi connectivity index (χ3n) is 7.90. The molecule has 0 aromatic rings. The summed E-state index contributed by atoms with van der Waals surface area (Å²) in [5.74, 6) is 0.339. The summed E-state index contributed by atoms with van der Waals surface area (Å²) in [7, 11) is 4.02. The van der Waals surface area contributed by atoms with Crippen LogP contribution in [0, 0.1) is 11.8 Å². The molecule has 0 aliphatic heterocycles. The number of rotatable bonds is 27. The van der Waals surface area contributed by atoms with Crippen LogP contribution in [0.1, 0.15) is 156 Å². The van der Waals surface area contributed by atoms with E-state index in [1.54, 1.807) is 0 Å². The van der Waals surface area contributed by atoms with E-state index >= 15 is 0 Å². The molecule has 0 amide bonds. The van der Waals surface area contributed by atoms with Gasteiger partial charge in [-0.15, -0.1) is 0 Å². The van der Waals surface area contributed by atoms with Crippen LogP contribution < -0.4 is 0 Å². The second-order valence-electron chi connectivity index (χ2n) is 11.8. The standard InChI is InChI=1S/C33H65NO4/c1-7-10-11-12-13-14-15-16-17-18-22-25-32(35)37-28-31(24-21-19-20-23-30(8-2)9-3)38-33(36)29(4)26-27-34(5)6/h29-31H,7-28H2,1-6H3. The summed E-state index contributed by atoms with van der Waals surface area (Å²) in [6.45, 7) is 9.77. The summed E-state index contributed by atoms with van der Waals surface area (Å²) in [5.41, 5.74) is 0. The van der Waals surface area contributed by atoms with Gasteiger partial charge in [0.25, 0.3) is 0 Å². The van der Waals surface area contributed by atoms with Crippen molar-refractivity contribution in [1.82, 2.24) is 4.90 Å². The van der Waals surface area contributed by atoms with Gasteiger partial charge >= 0.3 is 11.9 Å². The molecule has 0 saturated carbocycles. The number of carbonyl (C=O) groups excluding carboxylic acids is 2. The third-order valence-corrected chi connectivity index (χ3v) is 7.90. The first kappa shape index (κ1) is 36.9. The third kappa shape index (κ3) is 22.8. The molecule has 0 rings (SSSR count). The highest BCUT2D eigenvalue weighted by atomic mass is 16.6. The Morgan fingerprint density at radius 1 is 0.684 bits per heavy atom. The van der Waals surface area contributed by atoms with Crippen molar-refractivity contribution in [1.29, 1.82) is 0 Å². The van der Waals surface area contributed by atoms with Crippen LogP contribution in [-0.4, -0.2) is 50.2 Å². The summed E-state index contributed by atoms with van der Waals surface area (Å²) >= 11 is 0. The van der Waals surface area contributed by atoms with Crippen molar-refractivity contribution in [2.75, 3.05) is 27.2 Å². The summed E-state index contributed by atoms with van der Waals surface area (Å²) in [4.78, 5) is 27.1. The van der Waals surface area contributed by atoms with Gasteiger partial charge in [0.05, 0.1) is 5.92 Å². The minimum atomic E-state index is -0.335. The van der Waals surface area contributed by atoms with E-state index in [-0.39, 0.29) is 30.6 Å². The van der Waals surface area contributed by atoms with E-state index in [1.165, 1.54) is 83.5 Å². The fourth-order valence-electron chi connectivity index (χ4n) is 4.90. The second-order valence-corrected chi connectivity index (χ2v) is 11.8. The van der Waals surface area contributed by atoms with Gasteiger partial charge in [0.2, 0.25) is 0 Å².